The number of aliphatic hydroxyl groups is 1. The van der Waals surface area contributed by atoms with Crippen LogP contribution < -0.4 is 5.73 Å². The highest BCUT2D eigenvalue weighted by molar-refractivity contribution is 5.39. The Morgan fingerprint density at radius 2 is 2.44 bits per heavy atom. The number of likely N-dealkylation sites (tertiary alicyclic amines) is 1. The zero-order valence-corrected chi connectivity index (χ0v) is 9.85. The fourth-order valence-corrected chi connectivity index (χ4v) is 2.47. The Hall–Kier alpha value is -1.13. The quantitative estimate of drug-likeness (QED) is 0.770. The van der Waals surface area contributed by atoms with E-state index < -0.39 is 5.60 Å². The number of nitrogen functional groups attached to an aromatic ring is 1. The van der Waals surface area contributed by atoms with Crippen molar-refractivity contribution in [2.45, 2.75) is 31.4 Å². The minimum absolute atomic E-state index is 0.419. The van der Waals surface area contributed by atoms with Crippen LogP contribution in [0.1, 0.15) is 18.9 Å². The van der Waals surface area contributed by atoms with Gasteiger partial charge >= 0.3 is 0 Å². The van der Waals surface area contributed by atoms with E-state index in [9.17, 15) is 5.11 Å². The molecule has 0 radical (unpaired) electrons. The lowest BCUT2D eigenvalue weighted by molar-refractivity contribution is 0.0521. The second-order valence-corrected chi connectivity index (χ2v) is 4.92. The summed E-state index contributed by atoms with van der Waals surface area (Å²) in [5, 5.41) is 10.5. The summed E-state index contributed by atoms with van der Waals surface area (Å²) in [6, 6.07) is 4.21. The number of aromatic nitrogens is 1. The number of nitrogens with zero attached hydrogens (tertiary/aromatic N) is 2. The summed E-state index contributed by atoms with van der Waals surface area (Å²) >= 11 is 0. The van der Waals surface area contributed by atoms with Crippen molar-refractivity contribution in [2.24, 2.45) is 0 Å². The van der Waals surface area contributed by atoms with Gasteiger partial charge in [-0.1, -0.05) is 6.07 Å². The molecule has 1 aromatic heterocycles. The van der Waals surface area contributed by atoms with Gasteiger partial charge in [0.25, 0.3) is 0 Å². The van der Waals surface area contributed by atoms with Crippen molar-refractivity contribution in [3.63, 3.8) is 0 Å². The first kappa shape index (κ1) is 11.4. The lowest BCUT2D eigenvalue weighted by Crippen LogP contribution is -2.34. The van der Waals surface area contributed by atoms with Crippen LogP contribution in [0.25, 0.3) is 0 Å². The molecule has 1 saturated heterocycles. The lowest BCUT2D eigenvalue weighted by Gasteiger charge is -2.22. The highest BCUT2D eigenvalue weighted by Crippen LogP contribution is 2.29. The smallest absolute Gasteiger partial charge is 0.126 e. The number of hydrogen-bond donors (Lipinski definition) is 2. The number of likely N-dealkylation sites (N-methyl/N-ethyl adjacent to an activating group) is 1. The minimum atomic E-state index is -0.661. The molecule has 1 fully saturated rings. The number of β-amino-alcohol motifs (C(OH)–C–C–N with tert-alkyl or cyclic N) is 1. The van der Waals surface area contributed by atoms with Crippen molar-refractivity contribution in [3.05, 3.63) is 23.9 Å². The first-order valence-corrected chi connectivity index (χ1v) is 5.62. The SMILES string of the molecule is CC1CC(O)(Cc2cccnc2N)CN1C. The van der Waals surface area contributed by atoms with Crippen molar-refractivity contribution >= 4 is 5.82 Å². The van der Waals surface area contributed by atoms with Crippen LogP contribution in [0, 0.1) is 0 Å². The van der Waals surface area contributed by atoms with E-state index >= 15 is 0 Å². The predicted octanol–water partition coefficient (Wildman–Crippen LogP) is 0.661. The molecule has 1 aromatic rings. The van der Waals surface area contributed by atoms with Crippen molar-refractivity contribution in [1.82, 2.24) is 9.88 Å². The van der Waals surface area contributed by atoms with Crippen LogP contribution >= 0.6 is 0 Å². The van der Waals surface area contributed by atoms with Gasteiger partial charge in [-0.2, -0.15) is 0 Å². The third-order valence-corrected chi connectivity index (χ3v) is 3.42. The van der Waals surface area contributed by atoms with E-state index in [1.54, 1.807) is 6.20 Å². The number of hydrogen-bond acceptors (Lipinski definition) is 4. The van der Waals surface area contributed by atoms with E-state index in [1.807, 2.05) is 19.2 Å². The van der Waals surface area contributed by atoms with Crippen molar-refractivity contribution < 1.29 is 5.11 Å². The molecule has 0 saturated carbocycles. The van der Waals surface area contributed by atoms with Gasteiger partial charge in [-0.15, -0.1) is 0 Å². The van der Waals surface area contributed by atoms with E-state index in [-0.39, 0.29) is 0 Å². The summed E-state index contributed by atoms with van der Waals surface area (Å²) in [5.41, 5.74) is 6.07. The van der Waals surface area contributed by atoms with Gasteiger partial charge in [-0.05, 0) is 32.0 Å². The Morgan fingerprint density at radius 3 is 3.00 bits per heavy atom. The first-order chi connectivity index (χ1) is 7.50. The van der Waals surface area contributed by atoms with Gasteiger partial charge in [0.2, 0.25) is 0 Å². The fraction of sp³-hybridized carbons (Fsp3) is 0.583. The molecule has 2 heterocycles. The summed E-state index contributed by atoms with van der Waals surface area (Å²) in [6.45, 7) is 2.83. The molecular weight excluding hydrogens is 202 g/mol. The van der Waals surface area contributed by atoms with E-state index in [0.717, 1.165) is 12.0 Å². The van der Waals surface area contributed by atoms with Crippen LogP contribution in [0.5, 0.6) is 0 Å². The van der Waals surface area contributed by atoms with Crippen LogP contribution in [0.4, 0.5) is 5.82 Å². The van der Waals surface area contributed by atoms with Crippen LogP contribution in [0.15, 0.2) is 18.3 Å². The van der Waals surface area contributed by atoms with E-state index in [1.165, 1.54) is 0 Å². The number of rotatable bonds is 2. The third kappa shape index (κ3) is 2.18. The topological polar surface area (TPSA) is 62.4 Å². The highest BCUT2D eigenvalue weighted by atomic mass is 16.3. The van der Waals surface area contributed by atoms with E-state index in [4.69, 9.17) is 5.73 Å². The maximum atomic E-state index is 10.5. The zero-order valence-electron chi connectivity index (χ0n) is 9.85. The largest absolute Gasteiger partial charge is 0.388 e. The summed E-state index contributed by atoms with van der Waals surface area (Å²) < 4.78 is 0. The molecule has 0 aromatic carbocycles. The highest BCUT2D eigenvalue weighted by Gasteiger charge is 2.39. The second kappa shape index (κ2) is 4.03. The molecular formula is C12H19N3O. The molecule has 4 heteroatoms. The fourth-order valence-electron chi connectivity index (χ4n) is 2.47. The maximum absolute atomic E-state index is 10.5. The summed E-state index contributed by atoms with van der Waals surface area (Å²) in [4.78, 5) is 6.22. The van der Waals surface area contributed by atoms with Gasteiger partial charge in [0, 0.05) is 25.2 Å². The standard InChI is InChI=1S/C12H19N3O/c1-9-6-12(16,8-15(9)2)7-10-4-3-5-14-11(10)13/h3-5,9,16H,6-8H2,1-2H3,(H2,13,14). The normalized spacial score (nSPS) is 30.8. The first-order valence-electron chi connectivity index (χ1n) is 5.62. The molecule has 0 bridgehead atoms. The molecule has 0 spiro atoms. The summed E-state index contributed by atoms with van der Waals surface area (Å²) in [6.07, 6.45) is 3.05. The van der Waals surface area contributed by atoms with Crippen LogP contribution in [0.2, 0.25) is 0 Å². The lowest BCUT2D eigenvalue weighted by atomic mass is 9.92. The van der Waals surface area contributed by atoms with Gasteiger partial charge in [0.05, 0.1) is 5.60 Å². The molecule has 4 nitrogen and oxygen atoms in total. The van der Waals surface area contributed by atoms with Gasteiger partial charge in [0.1, 0.15) is 5.82 Å². The molecule has 2 unspecified atom stereocenters. The maximum Gasteiger partial charge on any atom is 0.126 e. The minimum Gasteiger partial charge on any atom is -0.388 e. The molecule has 3 N–H and O–H groups in total. The third-order valence-electron chi connectivity index (χ3n) is 3.42. The van der Waals surface area contributed by atoms with Crippen LogP contribution in [0.3, 0.4) is 0 Å². The average molecular weight is 221 g/mol. The Balaban J connectivity index is 2.13. The van der Waals surface area contributed by atoms with E-state index in [0.29, 0.717) is 24.8 Å². The number of anilines is 1. The van der Waals surface area contributed by atoms with Crippen molar-refractivity contribution in [2.75, 3.05) is 19.3 Å². The molecule has 1 aliphatic heterocycles. The zero-order chi connectivity index (χ0) is 11.8. The Kier molecular flexibility index (Phi) is 2.86. The van der Waals surface area contributed by atoms with Gasteiger partial charge in [-0.25, -0.2) is 4.98 Å². The van der Waals surface area contributed by atoms with Gasteiger partial charge in [0.15, 0.2) is 0 Å². The predicted molar refractivity (Wildman–Crippen MR) is 64.0 cm³/mol. The molecule has 0 amide bonds. The average Bonchev–Trinajstić information content (AvgIpc) is 2.45. The van der Waals surface area contributed by atoms with Gasteiger partial charge < -0.3 is 15.7 Å². The molecule has 16 heavy (non-hydrogen) atoms. The second-order valence-electron chi connectivity index (χ2n) is 4.92. The van der Waals surface area contributed by atoms with Crippen LogP contribution in [-0.4, -0.2) is 40.2 Å². The van der Waals surface area contributed by atoms with Crippen molar-refractivity contribution in [3.8, 4) is 0 Å². The van der Waals surface area contributed by atoms with Gasteiger partial charge in [-0.3, -0.25) is 0 Å². The molecule has 1 aliphatic rings. The van der Waals surface area contributed by atoms with E-state index in [2.05, 4.69) is 16.8 Å². The Labute approximate surface area is 96.1 Å². The Morgan fingerprint density at radius 1 is 1.69 bits per heavy atom. The molecule has 0 aliphatic carbocycles. The number of nitrogens with two attached hydrogens (primary N) is 1. The number of pyridine rings is 1. The summed E-state index contributed by atoms with van der Waals surface area (Å²) in [5.74, 6) is 0.526. The molecule has 2 atom stereocenters. The molecule has 88 valence electrons. The van der Waals surface area contributed by atoms with Crippen molar-refractivity contribution in [1.29, 1.82) is 0 Å². The van der Waals surface area contributed by atoms with Crippen LogP contribution in [-0.2, 0) is 6.42 Å². The Bertz CT molecular complexity index is 370. The monoisotopic (exact) mass is 221 g/mol. The molecule has 2 rings (SSSR count). The summed E-state index contributed by atoms with van der Waals surface area (Å²) in [7, 11) is 2.04.